The van der Waals surface area contributed by atoms with Crippen LogP contribution in [0.15, 0.2) is 54.9 Å². The van der Waals surface area contributed by atoms with Gasteiger partial charge in [0.05, 0.1) is 10.7 Å². The van der Waals surface area contributed by atoms with Gasteiger partial charge in [-0.05, 0) is 44.0 Å². The second-order valence-electron chi connectivity index (χ2n) is 7.51. The fraction of sp³-hybridized carbons (Fsp3) is 0.261. The summed E-state index contributed by atoms with van der Waals surface area (Å²) in [6.07, 6.45) is 3.01. The van der Waals surface area contributed by atoms with Crippen LogP contribution in [0.2, 0.25) is 5.02 Å². The maximum Gasteiger partial charge on any atom is 0.227 e. The topological polar surface area (TPSA) is 58.1 Å². The van der Waals surface area contributed by atoms with Gasteiger partial charge in [-0.1, -0.05) is 35.4 Å². The summed E-state index contributed by atoms with van der Waals surface area (Å²) in [7, 11) is 0. The van der Waals surface area contributed by atoms with Gasteiger partial charge >= 0.3 is 0 Å². The number of nitrogens with one attached hydrogen (secondary N) is 1. The van der Waals surface area contributed by atoms with Crippen molar-refractivity contribution in [1.29, 1.82) is 0 Å². The smallest absolute Gasteiger partial charge is 0.227 e. The average Bonchev–Trinajstić information content (AvgIpc) is 2.76. The molecule has 0 unspecified atom stereocenters. The van der Waals surface area contributed by atoms with Crippen molar-refractivity contribution >= 4 is 29.0 Å². The van der Waals surface area contributed by atoms with Crippen molar-refractivity contribution in [2.75, 3.05) is 23.3 Å². The van der Waals surface area contributed by atoms with Crippen molar-refractivity contribution in [3.63, 3.8) is 0 Å². The quantitative estimate of drug-likeness (QED) is 0.633. The Labute approximate surface area is 179 Å². The SMILES string of the molecule is Cc1cccc(-c2cc(N3CCC(C(=O)Nc4ccc(F)c(Cl)c4)CC3)ncn2)c1. The van der Waals surface area contributed by atoms with Gasteiger partial charge in [-0.3, -0.25) is 4.79 Å². The lowest BCUT2D eigenvalue weighted by Crippen LogP contribution is -2.38. The van der Waals surface area contributed by atoms with Gasteiger partial charge in [0.15, 0.2) is 0 Å². The molecular weight excluding hydrogens is 403 g/mol. The normalized spacial score (nSPS) is 14.6. The largest absolute Gasteiger partial charge is 0.356 e. The summed E-state index contributed by atoms with van der Waals surface area (Å²) in [6, 6.07) is 14.4. The number of hydrogen-bond acceptors (Lipinski definition) is 4. The van der Waals surface area contributed by atoms with Crippen LogP contribution in [0, 0.1) is 18.7 Å². The van der Waals surface area contributed by atoms with Crippen LogP contribution in [-0.2, 0) is 4.79 Å². The zero-order chi connectivity index (χ0) is 21.1. The van der Waals surface area contributed by atoms with Gasteiger partial charge in [-0.25, -0.2) is 14.4 Å². The Morgan fingerprint density at radius 3 is 2.67 bits per heavy atom. The zero-order valence-electron chi connectivity index (χ0n) is 16.6. The number of hydrogen-bond donors (Lipinski definition) is 1. The molecular formula is C23H22ClFN4O. The molecule has 1 saturated heterocycles. The van der Waals surface area contributed by atoms with Crippen molar-refractivity contribution in [2.24, 2.45) is 5.92 Å². The van der Waals surface area contributed by atoms with Crippen molar-refractivity contribution in [1.82, 2.24) is 9.97 Å². The summed E-state index contributed by atoms with van der Waals surface area (Å²) in [4.78, 5) is 23.6. The molecule has 2 aromatic carbocycles. The lowest BCUT2D eigenvalue weighted by molar-refractivity contribution is -0.120. The highest BCUT2D eigenvalue weighted by Gasteiger charge is 2.26. The van der Waals surface area contributed by atoms with E-state index in [2.05, 4.69) is 39.2 Å². The zero-order valence-corrected chi connectivity index (χ0v) is 17.4. The molecule has 1 aliphatic rings. The van der Waals surface area contributed by atoms with E-state index in [1.807, 2.05) is 18.2 Å². The highest BCUT2D eigenvalue weighted by Crippen LogP contribution is 2.27. The van der Waals surface area contributed by atoms with E-state index in [4.69, 9.17) is 11.6 Å². The van der Waals surface area contributed by atoms with E-state index in [0.29, 0.717) is 18.5 Å². The Hall–Kier alpha value is -2.99. The first-order chi connectivity index (χ1) is 14.5. The number of rotatable bonds is 4. The predicted octanol–water partition coefficient (Wildman–Crippen LogP) is 5.10. The van der Waals surface area contributed by atoms with E-state index in [9.17, 15) is 9.18 Å². The highest BCUT2D eigenvalue weighted by atomic mass is 35.5. The molecule has 4 rings (SSSR count). The average molecular weight is 425 g/mol. The third-order valence-electron chi connectivity index (χ3n) is 5.34. The molecule has 0 aliphatic carbocycles. The molecule has 0 bridgehead atoms. The number of carbonyl (C=O) groups excluding carboxylic acids is 1. The Morgan fingerprint density at radius 1 is 1.13 bits per heavy atom. The molecule has 7 heteroatoms. The standard InChI is InChI=1S/C23H22ClFN4O/c1-15-3-2-4-17(11-15)21-13-22(27-14-26-21)29-9-7-16(8-10-29)23(30)28-18-5-6-20(25)19(24)12-18/h2-6,11-14,16H,7-10H2,1H3,(H,28,30). The van der Waals surface area contributed by atoms with Gasteiger partial charge in [0.2, 0.25) is 5.91 Å². The number of benzene rings is 2. The van der Waals surface area contributed by atoms with Gasteiger partial charge in [0.25, 0.3) is 0 Å². The second kappa shape index (κ2) is 8.79. The second-order valence-corrected chi connectivity index (χ2v) is 7.92. The van der Waals surface area contributed by atoms with Crippen LogP contribution in [0.4, 0.5) is 15.9 Å². The molecule has 0 saturated carbocycles. The van der Waals surface area contributed by atoms with E-state index in [-0.39, 0.29) is 16.8 Å². The molecule has 1 N–H and O–H groups in total. The summed E-state index contributed by atoms with van der Waals surface area (Å²) >= 11 is 5.79. The first-order valence-electron chi connectivity index (χ1n) is 9.89. The van der Waals surface area contributed by atoms with Crippen molar-refractivity contribution in [3.8, 4) is 11.3 Å². The van der Waals surface area contributed by atoms with Crippen LogP contribution in [0.3, 0.4) is 0 Å². The molecule has 1 amide bonds. The molecule has 5 nitrogen and oxygen atoms in total. The molecule has 0 atom stereocenters. The number of aromatic nitrogens is 2. The minimum Gasteiger partial charge on any atom is -0.356 e. The molecule has 154 valence electrons. The fourth-order valence-corrected chi connectivity index (χ4v) is 3.85. The Bertz CT molecular complexity index is 1070. The molecule has 0 spiro atoms. The number of anilines is 2. The molecule has 2 heterocycles. The molecule has 1 aromatic heterocycles. The van der Waals surface area contributed by atoms with Gasteiger partial charge in [0, 0.05) is 36.3 Å². The van der Waals surface area contributed by atoms with Gasteiger partial charge in [-0.2, -0.15) is 0 Å². The number of amides is 1. The van der Waals surface area contributed by atoms with Crippen molar-refractivity contribution in [3.05, 3.63) is 71.3 Å². The minimum absolute atomic E-state index is 0.00389. The first kappa shape index (κ1) is 20.3. The highest BCUT2D eigenvalue weighted by molar-refractivity contribution is 6.31. The van der Waals surface area contributed by atoms with Gasteiger partial charge in [0.1, 0.15) is 18.0 Å². The Kier molecular flexibility index (Phi) is 5.95. The fourth-order valence-electron chi connectivity index (χ4n) is 3.67. The van der Waals surface area contributed by atoms with Crippen molar-refractivity contribution < 1.29 is 9.18 Å². The molecule has 0 radical (unpaired) electrons. The summed E-state index contributed by atoms with van der Waals surface area (Å²) < 4.78 is 13.3. The first-order valence-corrected chi connectivity index (χ1v) is 10.3. The predicted molar refractivity (Wildman–Crippen MR) is 117 cm³/mol. The summed E-state index contributed by atoms with van der Waals surface area (Å²) in [5.41, 5.74) is 3.64. The summed E-state index contributed by atoms with van der Waals surface area (Å²) in [5, 5.41) is 2.83. The molecule has 1 fully saturated rings. The summed E-state index contributed by atoms with van der Waals surface area (Å²) in [6.45, 7) is 3.51. The lowest BCUT2D eigenvalue weighted by Gasteiger charge is -2.32. The summed E-state index contributed by atoms with van der Waals surface area (Å²) in [5.74, 6) is 0.187. The Balaban J connectivity index is 1.39. The Morgan fingerprint density at radius 2 is 1.93 bits per heavy atom. The van der Waals surface area contributed by atoms with E-state index >= 15 is 0 Å². The van der Waals surface area contributed by atoms with Crippen LogP contribution in [-0.4, -0.2) is 29.0 Å². The number of halogens is 2. The number of piperidine rings is 1. The van der Waals surface area contributed by atoms with Crippen LogP contribution in [0.25, 0.3) is 11.3 Å². The third-order valence-corrected chi connectivity index (χ3v) is 5.63. The number of aryl methyl sites for hydroxylation is 1. The third kappa shape index (κ3) is 4.60. The number of nitrogens with zero attached hydrogens (tertiary/aromatic N) is 3. The van der Waals surface area contributed by atoms with E-state index in [1.165, 1.54) is 23.8 Å². The number of carbonyl (C=O) groups is 1. The maximum atomic E-state index is 13.3. The maximum absolute atomic E-state index is 13.3. The van der Waals surface area contributed by atoms with Gasteiger partial charge < -0.3 is 10.2 Å². The molecule has 1 aliphatic heterocycles. The lowest BCUT2D eigenvalue weighted by atomic mass is 9.95. The van der Waals surface area contributed by atoms with Gasteiger partial charge in [-0.15, -0.1) is 0 Å². The molecule has 30 heavy (non-hydrogen) atoms. The molecule has 3 aromatic rings. The monoisotopic (exact) mass is 424 g/mol. The van der Waals surface area contributed by atoms with Crippen LogP contribution >= 0.6 is 11.6 Å². The van der Waals surface area contributed by atoms with Crippen LogP contribution < -0.4 is 10.2 Å². The van der Waals surface area contributed by atoms with E-state index in [1.54, 1.807) is 6.33 Å². The van der Waals surface area contributed by atoms with Crippen LogP contribution in [0.1, 0.15) is 18.4 Å². The van der Waals surface area contributed by atoms with Crippen LogP contribution in [0.5, 0.6) is 0 Å². The van der Waals surface area contributed by atoms with E-state index < -0.39 is 5.82 Å². The van der Waals surface area contributed by atoms with E-state index in [0.717, 1.165) is 30.2 Å². The van der Waals surface area contributed by atoms with Crippen molar-refractivity contribution in [2.45, 2.75) is 19.8 Å². The minimum atomic E-state index is -0.502.